The maximum Gasteiger partial charge on any atom is 0.335 e. The molecule has 8 rings (SSSR count). The van der Waals surface area contributed by atoms with Crippen molar-refractivity contribution < 1.29 is 89.1 Å². The number of carbonyl (C=O) groups is 2. The summed E-state index contributed by atoms with van der Waals surface area (Å²) < 4.78 is 36.3. The highest BCUT2D eigenvalue weighted by atomic mass is 16.8. The first-order valence-corrected chi connectivity index (χ1v) is 23.7. The van der Waals surface area contributed by atoms with E-state index in [9.17, 15) is 60.7 Å². The predicted octanol–water partition coefficient (Wildman–Crippen LogP) is 1.44. The molecule has 0 bridgehead atoms. The van der Waals surface area contributed by atoms with Crippen molar-refractivity contribution in [1.29, 1.82) is 0 Å². The minimum absolute atomic E-state index is 0.0226. The molecule has 65 heavy (non-hydrogen) atoms. The predicted molar refractivity (Wildman–Crippen MR) is 225 cm³/mol. The second kappa shape index (κ2) is 17.2. The minimum atomic E-state index is -2.05. The van der Waals surface area contributed by atoms with E-state index in [1.165, 1.54) is 5.57 Å². The van der Waals surface area contributed by atoms with Crippen LogP contribution in [0.5, 0.6) is 0 Å². The van der Waals surface area contributed by atoms with Gasteiger partial charge in [0.15, 0.2) is 25.0 Å². The van der Waals surface area contributed by atoms with Crippen LogP contribution >= 0.6 is 0 Å². The van der Waals surface area contributed by atoms with E-state index in [0.29, 0.717) is 19.3 Å². The van der Waals surface area contributed by atoms with Crippen LogP contribution in [0.3, 0.4) is 0 Å². The number of aliphatic hydroxyl groups excluding tert-OH is 8. The van der Waals surface area contributed by atoms with Crippen molar-refractivity contribution in [2.45, 2.75) is 205 Å². The van der Waals surface area contributed by atoms with E-state index < -0.39 is 128 Å². The van der Waals surface area contributed by atoms with E-state index in [2.05, 4.69) is 54.5 Å². The Bertz CT molecular complexity index is 1820. The Labute approximate surface area is 380 Å². The fourth-order valence-electron chi connectivity index (χ4n) is 14.8. The van der Waals surface area contributed by atoms with E-state index in [1.54, 1.807) is 0 Å². The number of carboxylic acids is 2. The van der Waals surface area contributed by atoms with Gasteiger partial charge >= 0.3 is 11.9 Å². The van der Waals surface area contributed by atoms with E-state index in [0.717, 1.165) is 44.9 Å². The van der Waals surface area contributed by atoms with Crippen molar-refractivity contribution in [2.75, 3.05) is 13.2 Å². The summed E-state index contributed by atoms with van der Waals surface area (Å²) >= 11 is 0. The fraction of sp³-hybridized carbons (Fsp3) is 0.915. The molecule has 3 unspecified atom stereocenters. The first-order valence-electron chi connectivity index (χ1n) is 23.7. The highest BCUT2D eigenvalue weighted by molar-refractivity contribution is 5.76. The van der Waals surface area contributed by atoms with Gasteiger partial charge in [-0.05, 0) is 109 Å². The zero-order valence-electron chi connectivity index (χ0n) is 38.7. The third-order valence-corrected chi connectivity index (χ3v) is 18.9. The molecule has 5 aliphatic carbocycles. The highest BCUT2D eigenvalue weighted by Crippen LogP contribution is 2.76. The highest BCUT2D eigenvalue weighted by Gasteiger charge is 2.70. The quantitative estimate of drug-likeness (QED) is 0.116. The normalized spacial score (nSPS) is 52.8. The Morgan fingerprint density at radius 1 is 0.692 bits per heavy atom. The molecule has 0 amide bonds. The van der Waals surface area contributed by atoms with Crippen LogP contribution in [-0.4, -0.2) is 168 Å². The van der Waals surface area contributed by atoms with E-state index >= 15 is 0 Å². The van der Waals surface area contributed by atoms with Gasteiger partial charge in [-0.2, -0.15) is 0 Å². The van der Waals surface area contributed by atoms with Gasteiger partial charge in [0.25, 0.3) is 0 Å². The summed E-state index contributed by atoms with van der Waals surface area (Å²) in [7, 11) is 0. The fourth-order valence-corrected chi connectivity index (χ4v) is 14.8. The molecule has 0 aromatic carbocycles. The Morgan fingerprint density at radius 3 is 2.02 bits per heavy atom. The smallest absolute Gasteiger partial charge is 0.335 e. The summed E-state index contributed by atoms with van der Waals surface area (Å²) in [5, 5.41) is 106. The number of hydrogen-bond donors (Lipinski definition) is 10. The van der Waals surface area contributed by atoms with Crippen LogP contribution in [0.1, 0.15) is 113 Å². The molecule has 10 N–H and O–H groups in total. The van der Waals surface area contributed by atoms with Crippen molar-refractivity contribution >= 4 is 11.9 Å². The number of allylic oxidation sites excluding steroid dienone is 2. The first kappa shape index (κ1) is 49.5. The molecular formula is C47H74O18. The molecule has 4 saturated carbocycles. The molecule has 3 saturated heterocycles. The topological polar surface area (TPSA) is 292 Å². The summed E-state index contributed by atoms with van der Waals surface area (Å²) in [6.45, 7) is 14.7. The average molecular weight is 927 g/mol. The molecule has 18 heteroatoms. The molecule has 3 heterocycles. The summed E-state index contributed by atoms with van der Waals surface area (Å²) in [5.41, 5.74) is -0.489. The van der Waals surface area contributed by atoms with Crippen LogP contribution in [0, 0.1) is 50.2 Å². The summed E-state index contributed by atoms with van der Waals surface area (Å²) in [6, 6.07) is 0. The molecule has 370 valence electrons. The van der Waals surface area contributed by atoms with Crippen molar-refractivity contribution in [3.05, 3.63) is 11.6 Å². The lowest BCUT2D eigenvalue weighted by molar-refractivity contribution is -0.392. The zero-order chi connectivity index (χ0) is 47.6. The molecular weight excluding hydrogens is 852 g/mol. The lowest BCUT2D eigenvalue weighted by Crippen LogP contribution is -2.68. The van der Waals surface area contributed by atoms with Gasteiger partial charge < -0.3 is 79.5 Å². The van der Waals surface area contributed by atoms with Crippen LogP contribution in [0.2, 0.25) is 0 Å². The number of carboxylic acid groups (broad SMARTS) is 2. The number of ether oxygens (including phenoxy) is 6. The zero-order valence-corrected chi connectivity index (χ0v) is 38.7. The molecule has 22 atom stereocenters. The summed E-state index contributed by atoms with van der Waals surface area (Å²) in [5.74, 6) is -1.95. The van der Waals surface area contributed by atoms with Crippen molar-refractivity contribution in [3.8, 4) is 0 Å². The maximum absolute atomic E-state index is 13.2. The van der Waals surface area contributed by atoms with Gasteiger partial charge in [0.2, 0.25) is 0 Å². The Hall–Kier alpha value is -1.88. The van der Waals surface area contributed by atoms with Gasteiger partial charge in [0.05, 0.1) is 24.7 Å². The van der Waals surface area contributed by atoms with Crippen molar-refractivity contribution in [3.63, 3.8) is 0 Å². The van der Waals surface area contributed by atoms with Gasteiger partial charge in [-0.25, -0.2) is 4.79 Å². The second-order valence-electron chi connectivity index (χ2n) is 23.1. The first-order chi connectivity index (χ1) is 30.3. The molecule has 0 radical (unpaired) electrons. The number of hydrogen-bond acceptors (Lipinski definition) is 16. The van der Waals surface area contributed by atoms with E-state index in [1.807, 2.05) is 0 Å². The summed E-state index contributed by atoms with van der Waals surface area (Å²) in [6.07, 6.45) is -15.3. The van der Waals surface area contributed by atoms with Gasteiger partial charge in [0.1, 0.15) is 61.0 Å². The van der Waals surface area contributed by atoms with Crippen LogP contribution in [0.25, 0.3) is 0 Å². The Kier molecular flexibility index (Phi) is 13.1. The van der Waals surface area contributed by atoms with E-state index in [4.69, 9.17) is 28.4 Å². The number of aliphatic carboxylic acids is 2. The Balaban J connectivity index is 1.10. The molecule has 18 nitrogen and oxygen atoms in total. The van der Waals surface area contributed by atoms with Crippen LogP contribution in [0.4, 0.5) is 0 Å². The third kappa shape index (κ3) is 7.76. The third-order valence-electron chi connectivity index (χ3n) is 18.9. The number of aliphatic hydroxyl groups is 8. The maximum atomic E-state index is 13.2. The van der Waals surface area contributed by atoms with Crippen LogP contribution < -0.4 is 0 Å². The molecule has 0 spiro atoms. The minimum Gasteiger partial charge on any atom is -0.481 e. The molecule has 3 aliphatic heterocycles. The largest absolute Gasteiger partial charge is 0.481 e. The standard InChI is InChI=1S/C47H74O18/c1-42(2)14-16-47(41(58)59)17-15-45(6)21(22(47)18-42)8-9-26-44(5)12-11-27(43(3,4)25(44)10-13-46(26,45)7)62-40-36(65-39-32(54)30(52)29(51)24(19-48)61-39)34(33(55)35(64-40)37(56)57)63-38-31(53)28(50)23(49)20-60-38/h8,22-36,38-40,48-55H,9-20H2,1-7H3,(H,56,57)(H,58,59)/t22-,23-,24+,25?,26?,27?,28-,29+,30-,31+,32+,33-,34-,35-,36+,38-,39-,40+,44-,45+,46+,47-/m0/s1. The molecule has 8 aliphatic rings. The van der Waals surface area contributed by atoms with Gasteiger partial charge in [0, 0.05) is 0 Å². The number of fused-ring (bicyclic) bond motifs is 7. The lowest BCUT2D eigenvalue weighted by atomic mass is 9.33. The monoisotopic (exact) mass is 926 g/mol. The molecule has 0 aromatic heterocycles. The number of rotatable bonds is 9. The summed E-state index contributed by atoms with van der Waals surface area (Å²) in [4.78, 5) is 25.9. The van der Waals surface area contributed by atoms with Crippen molar-refractivity contribution in [2.24, 2.45) is 50.2 Å². The van der Waals surface area contributed by atoms with Gasteiger partial charge in [-0.15, -0.1) is 0 Å². The second-order valence-corrected chi connectivity index (χ2v) is 23.1. The van der Waals surface area contributed by atoms with Gasteiger partial charge in [-0.3, -0.25) is 4.79 Å². The van der Waals surface area contributed by atoms with Gasteiger partial charge in [-0.1, -0.05) is 60.1 Å². The SMILES string of the molecule is CC1(C)CC[C@]2(C(=O)O)CC[C@]3(C)C(=CCC4[C@@]5(C)CCC(O[C@@H]6O[C@H](C(=O)O)[C@@H](O)[C@H](O[C@@H]7OC[C@H](O)[C@H](O)[C@H]7O)[C@H]6O[C@@H]6O[C@H](CO)[C@@H](O)[C@H](O)[C@H]6O)C(C)(C)C5CC[C@]43C)[C@@H]2C1. The van der Waals surface area contributed by atoms with Crippen molar-refractivity contribution in [1.82, 2.24) is 0 Å². The average Bonchev–Trinajstić information content (AvgIpc) is 3.23. The Morgan fingerprint density at radius 2 is 1.35 bits per heavy atom. The van der Waals surface area contributed by atoms with E-state index in [-0.39, 0.29) is 39.4 Å². The molecule has 7 fully saturated rings. The van der Waals surface area contributed by atoms with Crippen LogP contribution in [-0.2, 0) is 38.0 Å². The lowest BCUT2D eigenvalue weighted by Gasteiger charge is -2.71. The van der Waals surface area contributed by atoms with Crippen LogP contribution in [0.15, 0.2) is 11.6 Å². The molecule has 0 aromatic rings.